The SMILES string of the molecule is COc1cccc2c1CCNC2c1c(C)cc(C)cc1C. The molecule has 1 aliphatic rings. The lowest BCUT2D eigenvalue weighted by atomic mass is 9.85. The highest BCUT2D eigenvalue weighted by molar-refractivity contribution is 5.51. The maximum atomic E-state index is 5.55. The minimum atomic E-state index is 0.268. The third-order valence-corrected chi connectivity index (χ3v) is 4.45. The largest absolute Gasteiger partial charge is 0.496 e. The van der Waals surface area contributed by atoms with Crippen molar-refractivity contribution in [3.8, 4) is 5.75 Å². The van der Waals surface area contributed by atoms with Crippen molar-refractivity contribution in [3.63, 3.8) is 0 Å². The molecular formula is C19H23NO. The first-order valence-electron chi connectivity index (χ1n) is 7.58. The van der Waals surface area contributed by atoms with Gasteiger partial charge in [0.05, 0.1) is 13.2 Å². The van der Waals surface area contributed by atoms with Gasteiger partial charge in [-0.1, -0.05) is 29.8 Å². The lowest BCUT2D eigenvalue weighted by Crippen LogP contribution is -2.31. The minimum absolute atomic E-state index is 0.268. The van der Waals surface area contributed by atoms with Crippen LogP contribution in [0.1, 0.15) is 39.4 Å². The number of benzene rings is 2. The number of hydrogen-bond acceptors (Lipinski definition) is 2. The summed E-state index contributed by atoms with van der Waals surface area (Å²) in [5, 5.41) is 3.69. The van der Waals surface area contributed by atoms with Crippen molar-refractivity contribution in [2.75, 3.05) is 13.7 Å². The third-order valence-electron chi connectivity index (χ3n) is 4.45. The quantitative estimate of drug-likeness (QED) is 0.902. The number of fused-ring (bicyclic) bond motifs is 1. The average molecular weight is 281 g/mol. The Balaban J connectivity index is 2.15. The van der Waals surface area contributed by atoms with Gasteiger partial charge in [0.2, 0.25) is 0 Å². The van der Waals surface area contributed by atoms with Crippen molar-refractivity contribution in [2.24, 2.45) is 0 Å². The molecule has 0 amide bonds. The molecule has 0 fully saturated rings. The van der Waals surface area contributed by atoms with E-state index in [1.54, 1.807) is 7.11 Å². The molecule has 0 aromatic heterocycles. The van der Waals surface area contributed by atoms with Gasteiger partial charge in [-0.2, -0.15) is 0 Å². The predicted octanol–water partition coefficient (Wildman–Crippen LogP) is 3.86. The molecule has 0 spiro atoms. The molecule has 1 heterocycles. The Hall–Kier alpha value is -1.80. The van der Waals surface area contributed by atoms with E-state index >= 15 is 0 Å². The van der Waals surface area contributed by atoms with Gasteiger partial charge in [0.1, 0.15) is 5.75 Å². The summed E-state index contributed by atoms with van der Waals surface area (Å²) in [5.41, 5.74) is 8.17. The molecule has 1 unspecified atom stereocenters. The zero-order chi connectivity index (χ0) is 15.0. The molecule has 21 heavy (non-hydrogen) atoms. The fourth-order valence-electron chi connectivity index (χ4n) is 3.67. The van der Waals surface area contributed by atoms with Gasteiger partial charge in [-0.3, -0.25) is 0 Å². The van der Waals surface area contributed by atoms with Gasteiger partial charge in [-0.15, -0.1) is 0 Å². The predicted molar refractivity (Wildman–Crippen MR) is 87.2 cm³/mol. The molecule has 1 atom stereocenters. The molecule has 3 rings (SSSR count). The summed E-state index contributed by atoms with van der Waals surface area (Å²) in [7, 11) is 1.76. The lowest BCUT2D eigenvalue weighted by Gasteiger charge is -2.30. The van der Waals surface area contributed by atoms with Crippen LogP contribution in [0, 0.1) is 20.8 Å². The molecule has 110 valence electrons. The zero-order valence-electron chi connectivity index (χ0n) is 13.3. The average Bonchev–Trinajstić information content (AvgIpc) is 2.45. The maximum Gasteiger partial charge on any atom is 0.122 e. The van der Waals surface area contributed by atoms with Gasteiger partial charge < -0.3 is 10.1 Å². The van der Waals surface area contributed by atoms with Crippen LogP contribution in [0.4, 0.5) is 0 Å². The van der Waals surface area contributed by atoms with Crippen LogP contribution in [0.5, 0.6) is 5.75 Å². The van der Waals surface area contributed by atoms with Gasteiger partial charge in [0.25, 0.3) is 0 Å². The second kappa shape index (κ2) is 5.53. The fraction of sp³-hybridized carbons (Fsp3) is 0.368. The van der Waals surface area contributed by atoms with E-state index in [9.17, 15) is 0 Å². The molecular weight excluding hydrogens is 258 g/mol. The second-order valence-corrected chi connectivity index (χ2v) is 5.98. The van der Waals surface area contributed by atoms with Crippen molar-refractivity contribution < 1.29 is 4.74 Å². The van der Waals surface area contributed by atoms with Crippen molar-refractivity contribution in [1.82, 2.24) is 5.32 Å². The number of aryl methyl sites for hydroxylation is 3. The van der Waals surface area contributed by atoms with E-state index in [0.717, 1.165) is 18.7 Å². The monoisotopic (exact) mass is 281 g/mol. The summed E-state index contributed by atoms with van der Waals surface area (Å²) >= 11 is 0. The molecule has 0 bridgehead atoms. The molecule has 1 N–H and O–H groups in total. The van der Waals surface area contributed by atoms with Gasteiger partial charge in [-0.05, 0) is 55.5 Å². The summed E-state index contributed by atoms with van der Waals surface area (Å²) in [6.07, 6.45) is 1.03. The van der Waals surface area contributed by atoms with Crippen molar-refractivity contribution >= 4 is 0 Å². The summed E-state index contributed by atoms with van der Waals surface area (Å²) in [5.74, 6) is 1.02. The van der Waals surface area contributed by atoms with Crippen molar-refractivity contribution in [1.29, 1.82) is 0 Å². The minimum Gasteiger partial charge on any atom is -0.496 e. The van der Waals surface area contributed by atoms with E-state index in [1.807, 2.05) is 0 Å². The van der Waals surface area contributed by atoms with Crippen LogP contribution in [0.3, 0.4) is 0 Å². The van der Waals surface area contributed by atoms with Crippen LogP contribution < -0.4 is 10.1 Å². The first-order chi connectivity index (χ1) is 10.1. The van der Waals surface area contributed by atoms with Gasteiger partial charge in [-0.25, -0.2) is 0 Å². The topological polar surface area (TPSA) is 21.3 Å². The molecule has 0 aliphatic carbocycles. The van der Waals surface area contributed by atoms with E-state index in [0.29, 0.717) is 0 Å². The lowest BCUT2D eigenvalue weighted by molar-refractivity contribution is 0.403. The van der Waals surface area contributed by atoms with Crippen LogP contribution in [0.25, 0.3) is 0 Å². The molecule has 2 aromatic rings. The summed E-state index contributed by atoms with van der Waals surface area (Å²) in [6.45, 7) is 7.58. The highest BCUT2D eigenvalue weighted by Crippen LogP contribution is 2.36. The Bertz CT molecular complexity index is 652. The number of methoxy groups -OCH3 is 1. The molecule has 0 saturated carbocycles. The number of ether oxygens (including phenoxy) is 1. The van der Waals surface area contributed by atoms with Crippen LogP contribution in [-0.4, -0.2) is 13.7 Å². The third kappa shape index (κ3) is 2.44. The van der Waals surface area contributed by atoms with Gasteiger partial charge in [0.15, 0.2) is 0 Å². The Morgan fingerprint density at radius 3 is 2.48 bits per heavy atom. The Morgan fingerprint density at radius 2 is 1.81 bits per heavy atom. The Morgan fingerprint density at radius 1 is 1.10 bits per heavy atom. The van der Waals surface area contributed by atoms with Crippen LogP contribution in [-0.2, 0) is 6.42 Å². The van der Waals surface area contributed by atoms with Crippen molar-refractivity contribution in [3.05, 3.63) is 63.7 Å². The summed E-state index contributed by atoms with van der Waals surface area (Å²) in [6, 6.07) is 11.2. The summed E-state index contributed by atoms with van der Waals surface area (Å²) < 4.78 is 5.55. The van der Waals surface area contributed by atoms with Crippen LogP contribution in [0.15, 0.2) is 30.3 Å². The highest BCUT2D eigenvalue weighted by Gasteiger charge is 2.25. The maximum absolute atomic E-state index is 5.55. The molecule has 1 aliphatic heterocycles. The van der Waals surface area contributed by atoms with Crippen molar-refractivity contribution in [2.45, 2.75) is 33.2 Å². The number of nitrogens with one attached hydrogen (secondary N) is 1. The first-order valence-corrected chi connectivity index (χ1v) is 7.58. The van der Waals surface area contributed by atoms with E-state index in [-0.39, 0.29) is 6.04 Å². The van der Waals surface area contributed by atoms with E-state index in [2.05, 4.69) is 56.4 Å². The summed E-state index contributed by atoms with van der Waals surface area (Å²) in [4.78, 5) is 0. The fourth-order valence-corrected chi connectivity index (χ4v) is 3.67. The Kier molecular flexibility index (Phi) is 3.73. The molecule has 2 nitrogen and oxygen atoms in total. The Labute approximate surface area is 127 Å². The van der Waals surface area contributed by atoms with Crippen LogP contribution in [0.2, 0.25) is 0 Å². The van der Waals surface area contributed by atoms with E-state index in [4.69, 9.17) is 4.74 Å². The molecule has 2 aromatic carbocycles. The normalized spacial score (nSPS) is 17.4. The molecule has 0 radical (unpaired) electrons. The molecule has 2 heteroatoms. The van der Waals surface area contributed by atoms with Gasteiger partial charge >= 0.3 is 0 Å². The first kappa shape index (κ1) is 14.2. The second-order valence-electron chi connectivity index (χ2n) is 5.98. The van der Waals surface area contributed by atoms with Crippen LogP contribution >= 0.6 is 0 Å². The van der Waals surface area contributed by atoms with E-state index in [1.165, 1.54) is 33.4 Å². The number of rotatable bonds is 2. The zero-order valence-corrected chi connectivity index (χ0v) is 13.3. The standard InChI is InChI=1S/C19H23NO/c1-12-10-13(2)18(14(3)11-12)19-16-6-5-7-17(21-4)15(16)8-9-20-19/h5-7,10-11,19-20H,8-9H2,1-4H3. The van der Waals surface area contributed by atoms with Gasteiger partial charge in [0, 0.05) is 12.1 Å². The molecule has 0 saturated heterocycles. The highest BCUT2D eigenvalue weighted by atomic mass is 16.5. The number of hydrogen-bond donors (Lipinski definition) is 1. The van der Waals surface area contributed by atoms with E-state index < -0.39 is 0 Å². The smallest absolute Gasteiger partial charge is 0.122 e.